The van der Waals surface area contributed by atoms with Crippen molar-refractivity contribution in [3.8, 4) is 0 Å². The summed E-state index contributed by atoms with van der Waals surface area (Å²) in [5, 5.41) is 0. The molecule has 0 amide bonds. The van der Waals surface area contributed by atoms with Crippen molar-refractivity contribution in [2.24, 2.45) is 0 Å². The van der Waals surface area contributed by atoms with E-state index in [1.807, 2.05) is 21.1 Å². The second-order valence-electron chi connectivity index (χ2n) is 18.6. The summed E-state index contributed by atoms with van der Waals surface area (Å²) in [6.07, 6.45) is 47.0. The third-order valence-electron chi connectivity index (χ3n) is 11.3. The molecule has 0 saturated carbocycles. The molecule has 1 N–H and O–H groups in total. The fraction of sp³-hybridized carbons (Fsp3) is 0.920. The standard InChI is InChI=1S/C50H98NO8P/c1-6-8-10-12-14-16-18-19-20-21-22-23-24-25-26-27-28-29-30-31-33-35-37-39-41-43-50(53)59-48(47-58-60(54,55)57-45-44-51(3,4)5)46-56-49(52)42-40-38-36-34-32-17-15-13-11-9-7-2/h21-22,48H,6-20,23-47H2,1-5H3/p+1/b22-21-. The second kappa shape index (κ2) is 43.0. The van der Waals surface area contributed by atoms with Crippen LogP contribution in [-0.2, 0) is 32.7 Å². The van der Waals surface area contributed by atoms with Crippen LogP contribution in [0.1, 0.15) is 245 Å². The molecule has 356 valence electrons. The van der Waals surface area contributed by atoms with E-state index in [2.05, 4.69) is 26.0 Å². The van der Waals surface area contributed by atoms with Crippen molar-refractivity contribution in [1.82, 2.24) is 0 Å². The van der Waals surface area contributed by atoms with Gasteiger partial charge in [-0.25, -0.2) is 4.57 Å². The number of ether oxygens (including phenoxy) is 2. The number of carbonyl (C=O) groups is 2. The summed E-state index contributed by atoms with van der Waals surface area (Å²) in [6.45, 7) is 4.45. The van der Waals surface area contributed by atoms with Crippen LogP contribution in [0.4, 0.5) is 0 Å². The van der Waals surface area contributed by atoms with Gasteiger partial charge in [0.1, 0.15) is 19.8 Å². The van der Waals surface area contributed by atoms with Crippen LogP contribution in [-0.4, -0.2) is 74.9 Å². The zero-order valence-electron chi connectivity index (χ0n) is 40.2. The van der Waals surface area contributed by atoms with Gasteiger partial charge in [0.15, 0.2) is 6.10 Å². The number of likely N-dealkylation sites (N-methyl/N-ethyl adjacent to an activating group) is 1. The van der Waals surface area contributed by atoms with Crippen LogP contribution in [0.25, 0.3) is 0 Å². The van der Waals surface area contributed by atoms with Gasteiger partial charge in [-0.2, -0.15) is 0 Å². The first-order valence-electron chi connectivity index (χ1n) is 25.4. The van der Waals surface area contributed by atoms with Crippen molar-refractivity contribution < 1.29 is 42.1 Å². The number of hydrogen-bond acceptors (Lipinski definition) is 7. The van der Waals surface area contributed by atoms with E-state index in [0.29, 0.717) is 23.9 Å². The third-order valence-corrected chi connectivity index (χ3v) is 12.3. The number of allylic oxidation sites excluding steroid dienone is 2. The summed E-state index contributed by atoms with van der Waals surface area (Å²) >= 11 is 0. The number of phosphoric ester groups is 1. The molecule has 2 unspecified atom stereocenters. The molecule has 60 heavy (non-hydrogen) atoms. The topological polar surface area (TPSA) is 108 Å². The Hall–Kier alpha value is -1.25. The lowest BCUT2D eigenvalue weighted by Gasteiger charge is -2.24. The summed E-state index contributed by atoms with van der Waals surface area (Å²) in [5.41, 5.74) is 0. The van der Waals surface area contributed by atoms with Gasteiger partial charge in [-0.1, -0.05) is 206 Å². The van der Waals surface area contributed by atoms with Crippen LogP contribution in [0.5, 0.6) is 0 Å². The summed E-state index contributed by atoms with van der Waals surface area (Å²) in [6, 6.07) is 0. The number of hydrogen-bond donors (Lipinski definition) is 1. The van der Waals surface area contributed by atoms with Crippen LogP contribution < -0.4 is 0 Å². The van der Waals surface area contributed by atoms with Crippen LogP contribution in [0.3, 0.4) is 0 Å². The Morgan fingerprint density at radius 3 is 1.23 bits per heavy atom. The molecule has 0 bridgehead atoms. The Labute approximate surface area is 371 Å². The molecule has 0 saturated heterocycles. The highest BCUT2D eigenvalue weighted by atomic mass is 31.2. The predicted octanol–water partition coefficient (Wildman–Crippen LogP) is 14.9. The molecule has 0 fully saturated rings. The smallest absolute Gasteiger partial charge is 0.462 e. The number of nitrogens with zero attached hydrogens (tertiary/aromatic N) is 1. The number of rotatable bonds is 47. The van der Waals surface area contributed by atoms with Gasteiger partial charge in [-0.3, -0.25) is 18.6 Å². The van der Waals surface area contributed by atoms with Crippen molar-refractivity contribution in [3.63, 3.8) is 0 Å². The van der Waals surface area contributed by atoms with E-state index in [-0.39, 0.29) is 25.6 Å². The van der Waals surface area contributed by atoms with Gasteiger partial charge in [-0.15, -0.1) is 0 Å². The largest absolute Gasteiger partial charge is 0.472 e. The highest BCUT2D eigenvalue weighted by Crippen LogP contribution is 2.43. The first-order chi connectivity index (χ1) is 29.0. The molecule has 0 aromatic heterocycles. The van der Waals surface area contributed by atoms with Gasteiger partial charge in [0.05, 0.1) is 27.7 Å². The molecular formula is C50H99NO8P+. The SMILES string of the molecule is CCCCCCCCCC/C=C\CCCCCCCCCCCCCCCC(=O)OC(COC(=O)CCCCCCCCCCCCC)COP(=O)(O)OCC[N+](C)(C)C. The Bertz CT molecular complexity index is 1030. The molecule has 9 nitrogen and oxygen atoms in total. The fourth-order valence-corrected chi connectivity index (χ4v) is 8.05. The Balaban J connectivity index is 4.12. The predicted molar refractivity (Wildman–Crippen MR) is 252 cm³/mol. The van der Waals surface area contributed by atoms with Gasteiger partial charge in [-0.05, 0) is 38.5 Å². The van der Waals surface area contributed by atoms with E-state index in [9.17, 15) is 19.0 Å². The van der Waals surface area contributed by atoms with Crippen LogP contribution >= 0.6 is 7.82 Å². The molecule has 2 atom stereocenters. The van der Waals surface area contributed by atoms with Gasteiger partial charge >= 0.3 is 19.8 Å². The normalized spacial score (nSPS) is 13.5. The number of phosphoric acid groups is 1. The number of esters is 2. The highest BCUT2D eigenvalue weighted by Gasteiger charge is 2.27. The van der Waals surface area contributed by atoms with Crippen molar-refractivity contribution >= 4 is 19.8 Å². The quantitative estimate of drug-likeness (QED) is 0.0212. The molecule has 0 aromatic carbocycles. The maximum Gasteiger partial charge on any atom is 0.472 e. The lowest BCUT2D eigenvalue weighted by atomic mass is 10.0. The second-order valence-corrected chi connectivity index (χ2v) is 20.0. The fourth-order valence-electron chi connectivity index (χ4n) is 7.31. The molecule has 0 aliphatic rings. The monoisotopic (exact) mass is 873 g/mol. The summed E-state index contributed by atoms with van der Waals surface area (Å²) < 4.78 is 34.4. The maximum absolute atomic E-state index is 12.7. The summed E-state index contributed by atoms with van der Waals surface area (Å²) in [4.78, 5) is 35.4. The van der Waals surface area contributed by atoms with Crippen LogP contribution in [0.2, 0.25) is 0 Å². The molecule has 0 heterocycles. The summed E-state index contributed by atoms with van der Waals surface area (Å²) in [7, 11) is 1.49. The Kier molecular flexibility index (Phi) is 42.1. The lowest BCUT2D eigenvalue weighted by Crippen LogP contribution is -2.37. The van der Waals surface area contributed by atoms with Gasteiger partial charge in [0, 0.05) is 12.8 Å². The number of unbranched alkanes of at least 4 members (excludes halogenated alkanes) is 31. The van der Waals surface area contributed by atoms with Crippen LogP contribution in [0, 0.1) is 0 Å². The molecule has 0 radical (unpaired) electrons. The van der Waals surface area contributed by atoms with Gasteiger partial charge in [0.25, 0.3) is 0 Å². The minimum atomic E-state index is -4.37. The first kappa shape index (κ1) is 58.8. The van der Waals surface area contributed by atoms with E-state index in [4.69, 9.17) is 18.5 Å². The number of quaternary nitrogens is 1. The maximum atomic E-state index is 12.7. The lowest BCUT2D eigenvalue weighted by molar-refractivity contribution is -0.870. The summed E-state index contributed by atoms with van der Waals surface area (Å²) in [5.74, 6) is -0.786. The van der Waals surface area contributed by atoms with Crippen molar-refractivity contribution in [1.29, 1.82) is 0 Å². The molecular weight excluding hydrogens is 774 g/mol. The van der Waals surface area contributed by atoms with E-state index in [1.54, 1.807) is 0 Å². The highest BCUT2D eigenvalue weighted by molar-refractivity contribution is 7.47. The first-order valence-corrected chi connectivity index (χ1v) is 26.9. The van der Waals surface area contributed by atoms with E-state index in [1.165, 1.54) is 180 Å². The number of carbonyl (C=O) groups excluding carboxylic acids is 2. The van der Waals surface area contributed by atoms with E-state index < -0.39 is 26.5 Å². The van der Waals surface area contributed by atoms with Crippen molar-refractivity contribution in [2.45, 2.75) is 251 Å². The molecule has 0 spiro atoms. The third kappa shape index (κ3) is 46.3. The molecule has 0 rings (SSSR count). The Morgan fingerprint density at radius 2 is 0.850 bits per heavy atom. The van der Waals surface area contributed by atoms with E-state index >= 15 is 0 Å². The van der Waals surface area contributed by atoms with Gasteiger partial charge < -0.3 is 18.9 Å². The zero-order valence-corrected chi connectivity index (χ0v) is 41.1. The molecule has 0 aliphatic carbocycles. The molecule has 10 heteroatoms. The van der Waals surface area contributed by atoms with Gasteiger partial charge in [0.2, 0.25) is 0 Å². The van der Waals surface area contributed by atoms with Crippen molar-refractivity contribution in [3.05, 3.63) is 12.2 Å². The minimum Gasteiger partial charge on any atom is -0.462 e. The molecule has 0 aliphatic heterocycles. The van der Waals surface area contributed by atoms with E-state index in [0.717, 1.165) is 32.1 Å². The molecule has 0 aromatic rings. The minimum absolute atomic E-state index is 0.0353. The average molecular weight is 873 g/mol. The van der Waals surface area contributed by atoms with Crippen molar-refractivity contribution in [2.75, 3.05) is 47.5 Å². The Morgan fingerprint density at radius 1 is 0.500 bits per heavy atom. The average Bonchev–Trinajstić information content (AvgIpc) is 3.20. The zero-order chi connectivity index (χ0) is 44.3. The van der Waals surface area contributed by atoms with Crippen LogP contribution in [0.15, 0.2) is 12.2 Å².